The Kier molecular flexibility index (Phi) is 20.7. The summed E-state index contributed by atoms with van der Waals surface area (Å²) in [6.45, 7) is 6.60. The van der Waals surface area contributed by atoms with Crippen molar-refractivity contribution >= 4 is 47.8 Å². The molecule has 0 radical (unpaired) electrons. The van der Waals surface area contributed by atoms with Crippen molar-refractivity contribution in [3.63, 3.8) is 0 Å². The van der Waals surface area contributed by atoms with Gasteiger partial charge in [0.2, 0.25) is 0 Å². The highest BCUT2D eigenvalue weighted by molar-refractivity contribution is 5.70. The van der Waals surface area contributed by atoms with Gasteiger partial charge in [0.1, 0.15) is 18.8 Å². The minimum atomic E-state index is -1.64. The number of methoxy groups -OCH3 is 1. The van der Waals surface area contributed by atoms with Crippen molar-refractivity contribution in [2.45, 2.75) is 155 Å². The highest BCUT2D eigenvalue weighted by Crippen LogP contribution is 2.33. The Balaban J connectivity index is 2.41. The smallest absolute Gasteiger partial charge is 0.305 e. The number of rotatable bonds is 21. The van der Waals surface area contributed by atoms with Gasteiger partial charge in [-0.15, -0.1) is 0 Å². The average molecular weight is 807 g/mol. The lowest BCUT2D eigenvalue weighted by atomic mass is 9.97. The first-order chi connectivity index (χ1) is 26.4. The maximum atomic E-state index is 12.4. The second-order valence-corrected chi connectivity index (χ2v) is 13.0. The lowest BCUT2D eigenvalue weighted by molar-refractivity contribution is -0.334. The van der Waals surface area contributed by atoms with Gasteiger partial charge in [-0.2, -0.15) is 0 Å². The molecule has 2 saturated heterocycles. The summed E-state index contributed by atoms with van der Waals surface area (Å²) in [4.78, 5) is 96.7. The van der Waals surface area contributed by atoms with Crippen LogP contribution in [0.2, 0.25) is 0 Å². The van der Waals surface area contributed by atoms with E-state index in [1.165, 1.54) is 7.11 Å². The van der Waals surface area contributed by atoms with Crippen LogP contribution in [0, 0.1) is 0 Å². The maximum absolute atomic E-state index is 12.4. The Hall–Kier alpha value is -4.40. The van der Waals surface area contributed by atoms with Gasteiger partial charge >= 0.3 is 47.8 Å². The third-order valence-electron chi connectivity index (χ3n) is 8.16. The van der Waals surface area contributed by atoms with E-state index in [0.717, 1.165) is 74.1 Å². The molecule has 2 heterocycles. The van der Waals surface area contributed by atoms with Crippen molar-refractivity contribution in [1.29, 1.82) is 0 Å². The van der Waals surface area contributed by atoms with Crippen molar-refractivity contribution in [2.75, 3.05) is 26.9 Å². The molecule has 0 bridgehead atoms. The van der Waals surface area contributed by atoms with Crippen molar-refractivity contribution < 1.29 is 95.2 Å². The molecule has 56 heavy (non-hydrogen) atoms. The lowest BCUT2D eigenvalue weighted by Crippen LogP contribution is -2.65. The maximum Gasteiger partial charge on any atom is 0.305 e. The summed E-state index contributed by atoms with van der Waals surface area (Å²) >= 11 is 0. The molecule has 0 aliphatic carbocycles. The van der Waals surface area contributed by atoms with Crippen LogP contribution in [0.5, 0.6) is 0 Å². The van der Waals surface area contributed by atoms with Crippen LogP contribution in [0.25, 0.3) is 0 Å². The predicted octanol–water partition coefficient (Wildman–Crippen LogP) is 1.53. The van der Waals surface area contributed by atoms with Gasteiger partial charge in [0.15, 0.2) is 49.2 Å². The zero-order valence-electron chi connectivity index (χ0n) is 33.0. The number of ether oxygens (including phenoxy) is 12. The van der Waals surface area contributed by atoms with Gasteiger partial charge in [0.05, 0.1) is 13.7 Å². The first-order valence-corrected chi connectivity index (χ1v) is 18.2. The molecule has 2 rings (SSSR count). The Labute approximate surface area is 324 Å². The molecule has 0 saturated carbocycles. The van der Waals surface area contributed by atoms with Crippen LogP contribution in [0.1, 0.15) is 93.4 Å². The van der Waals surface area contributed by atoms with Crippen LogP contribution in [-0.2, 0) is 95.2 Å². The van der Waals surface area contributed by atoms with Gasteiger partial charge in [-0.05, 0) is 12.8 Å². The highest BCUT2D eigenvalue weighted by Gasteiger charge is 2.55. The molecule has 0 spiro atoms. The van der Waals surface area contributed by atoms with E-state index in [1.54, 1.807) is 0 Å². The molecule has 0 N–H and O–H groups in total. The van der Waals surface area contributed by atoms with E-state index in [0.29, 0.717) is 19.3 Å². The standard InChI is InChI=1S/C36H54O20/c1-19(37)47-17-26-29(49-20(2)38)32(52-23(5)41)34(54-25(7)43)36(56-26)48-18-27-30(50-21(3)39)31(51-22(4)40)33(53-24(6)42)35(55-27)46-16-14-12-10-9-11-13-15-28(44)45-8/h26-27,29-36H,9-18H2,1-8H3/t26-,27-,29+,30-,31+,32+,33-,34-,35-,36+/m1/s1. The molecular formula is C36H54O20. The molecule has 0 amide bonds. The fraction of sp³-hybridized carbons (Fsp3) is 0.778. The molecule has 0 aromatic rings. The monoisotopic (exact) mass is 806 g/mol. The number of carbonyl (C=O) groups is 8. The van der Waals surface area contributed by atoms with Crippen molar-refractivity contribution in [3.8, 4) is 0 Å². The fourth-order valence-electron chi connectivity index (χ4n) is 6.02. The van der Waals surface area contributed by atoms with E-state index in [4.69, 9.17) is 52.1 Å². The van der Waals surface area contributed by atoms with E-state index < -0.39 is 116 Å². The van der Waals surface area contributed by atoms with Crippen LogP contribution in [-0.4, -0.2) is 136 Å². The molecule has 10 atom stereocenters. The normalized spacial score (nSPS) is 27.1. The summed E-state index contributed by atoms with van der Waals surface area (Å²) in [7, 11) is 1.34. The number of hydrogen-bond donors (Lipinski definition) is 0. The third kappa shape index (κ3) is 16.8. The minimum absolute atomic E-state index is 0.100. The number of unbranched alkanes of at least 4 members (excludes halogenated alkanes) is 5. The van der Waals surface area contributed by atoms with Crippen molar-refractivity contribution in [2.24, 2.45) is 0 Å². The molecule has 20 nitrogen and oxygen atoms in total. The van der Waals surface area contributed by atoms with Crippen LogP contribution in [0.3, 0.4) is 0 Å². The van der Waals surface area contributed by atoms with Gasteiger partial charge < -0.3 is 56.8 Å². The Morgan fingerprint density at radius 2 is 0.804 bits per heavy atom. The topological polar surface area (TPSA) is 247 Å². The molecule has 2 fully saturated rings. The molecule has 20 heteroatoms. The van der Waals surface area contributed by atoms with Crippen LogP contribution in [0.4, 0.5) is 0 Å². The summed E-state index contributed by atoms with van der Waals surface area (Å²) in [5, 5.41) is 0. The van der Waals surface area contributed by atoms with E-state index in [2.05, 4.69) is 4.74 Å². The summed E-state index contributed by atoms with van der Waals surface area (Å²) in [6, 6.07) is 0. The van der Waals surface area contributed by atoms with E-state index in [1.807, 2.05) is 0 Å². The Bertz CT molecular complexity index is 1350. The molecule has 0 aromatic carbocycles. The van der Waals surface area contributed by atoms with Crippen molar-refractivity contribution in [3.05, 3.63) is 0 Å². The van der Waals surface area contributed by atoms with Gasteiger partial charge in [-0.1, -0.05) is 25.7 Å². The summed E-state index contributed by atoms with van der Waals surface area (Å²) in [6.07, 6.45) is -9.79. The molecule has 0 aromatic heterocycles. The lowest BCUT2D eigenvalue weighted by Gasteiger charge is -2.46. The zero-order valence-corrected chi connectivity index (χ0v) is 33.0. The van der Waals surface area contributed by atoms with Gasteiger partial charge in [0, 0.05) is 61.5 Å². The van der Waals surface area contributed by atoms with Gasteiger partial charge in [-0.3, -0.25) is 38.4 Å². The summed E-state index contributed by atoms with van der Waals surface area (Å²) < 4.78 is 66.8. The molecule has 2 aliphatic heterocycles. The van der Waals surface area contributed by atoms with E-state index in [-0.39, 0.29) is 12.6 Å². The minimum Gasteiger partial charge on any atom is -0.469 e. The number of carbonyl (C=O) groups excluding carboxylic acids is 8. The van der Waals surface area contributed by atoms with Crippen LogP contribution >= 0.6 is 0 Å². The van der Waals surface area contributed by atoms with Crippen molar-refractivity contribution in [1.82, 2.24) is 0 Å². The molecule has 0 unspecified atom stereocenters. The average Bonchev–Trinajstić information content (AvgIpc) is 3.09. The van der Waals surface area contributed by atoms with E-state index >= 15 is 0 Å². The molecular weight excluding hydrogens is 752 g/mol. The van der Waals surface area contributed by atoms with Crippen LogP contribution < -0.4 is 0 Å². The zero-order chi connectivity index (χ0) is 41.9. The Morgan fingerprint density at radius 1 is 0.429 bits per heavy atom. The third-order valence-corrected chi connectivity index (χ3v) is 8.16. The van der Waals surface area contributed by atoms with E-state index in [9.17, 15) is 38.4 Å². The summed E-state index contributed by atoms with van der Waals surface area (Å²) in [5.74, 6) is -5.99. The SMILES string of the molecule is COC(=O)CCCCCCCCO[C@@H]1O[C@H](CO[C@H]2O[C@H](COC(C)=O)[C@H](OC(C)=O)[C@H](OC(C)=O)[C@H]2OC(C)=O)[C@@H](OC(C)=O)[C@H](OC(C)=O)[C@H]1OC(C)=O. The second kappa shape index (κ2) is 24.3. The van der Waals surface area contributed by atoms with Gasteiger partial charge in [0.25, 0.3) is 0 Å². The predicted molar refractivity (Wildman–Crippen MR) is 184 cm³/mol. The first-order valence-electron chi connectivity index (χ1n) is 18.2. The first kappa shape index (κ1) is 47.8. The van der Waals surface area contributed by atoms with Crippen LogP contribution in [0.15, 0.2) is 0 Å². The number of hydrogen-bond acceptors (Lipinski definition) is 20. The largest absolute Gasteiger partial charge is 0.469 e. The second-order valence-electron chi connectivity index (χ2n) is 13.0. The summed E-state index contributed by atoms with van der Waals surface area (Å²) in [5.41, 5.74) is 0. The Morgan fingerprint density at radius 3 is 1.23 bits per heavy atom. The fourth-order valence-corrected chi connectivity index (χ4v) is 6.02. The molecule has 2 aliphatic rings. The quantitative estimate of drug-likeness (QED) is 0.0906. The number of esters is 8. The molecule has 318 valence electrons. The highest BCUT2D eigenvalue weighted by atomic mass is 16.8. The van der Waals surface area contributed by atoms with Gasteiger partial charge in [-0.25, -0.2) is 0 Å².